The first-order valence-corrected chi connectivity index (χ1v) is 8.34. The number of benzene rings is 1. The molecular formula is C18H27N3O2. The molecule has 1 aromatic carbocycles. The van der Waals surface area contributed by atoms with Crippen LogP contribution >= 0.6 is 0 Å². The molecule has 126 valence electrons. The molecule has 1 aliphatic carbocycles. The third-order valence-corrected chi connectivity index (χ3v) is 4.26. The highest BCUT2D eigenvalue weighted by Crippen LogP contribution is 2.25. The van der Waals surface area contributed by atoms with E-state index in [1.165, 1.54) is 0 Å². The molecule has 2 rings (SSSR count). The fourth-order valence-electron chi connectivity index (χ4n) is 2.99. The number of nitrogens with two attached hydrogens (primary N) is 1. The van der Waals surface area contributed by atoms with Crippen molar-refractivity contribution in [3.63, 3.8) is 0 Å². The molecule has 5 heteroatoms. The molecule has 5 nitrogen and oxygen atoms in total. The fourth-order valence-corrected chi connectivity index (χ4v) is 2.99. The van der Waals surface area contributed by atoms with Crippen LogP contribution in [-0.4, -0.2) is 23.9 Å². The second-order valence-electron chi connectivity index (χ2n) is 6.77. The predicted octanol–water partition coefficient (Wildman–Crippen LogP) is 2.59. The highest BCUT2D eigenvalue weighted by Gasteiger charge is 2.25. The first kappa shape index (κ1) is 17.5. The number of amides is 2. The van der Waals surface area contributed by atoms with Crippen LogP contribution in [0.4, 0.5) is 5.69 Å². The molecule has 0 saturated heterocycles. The van der Waals surface area contributed by atoms with Crippen LogP contribution in [0.25, 0.3) is 0 Å². The van der Waals surface area contributed by atoms with E-state index in [4.69, 9.17) is 5.73 Å². The maximum absolute atomic E-state index is 12.4. The molecule has 1 fully saturated rings. The van der Waals surface area contributed by atoms with Crippen molar-refractivity contribution in [3.8, 4) is 0 Å². The van der Waals surface area contributed by atoms with Crippen molar-refractivity contribution < 1.29 is 9.59 Å². The van der Waals surface area contributed by atoms with Gasteiger partial charge in [0, 0.05) is 29.3 Å². The van der Waals surface area contributed by atoms with Gasteiger partial charge in [-0.25, -0.2) is 0 Å². The van der Waals surface area contributed by atoms with Crippen LogP contribution in [0.3, 0.4) is 0 Å². The second-order valence-corrected chi connectivity index (χ2v) is 6.77. The summed E-state index contributed by atoms with van der Waals surface area (Å²) in [5, 5.41) is 5.81. The largest absolute Gasteiger partial charge is 0.350 e. The van der Waals surface area contributed by atoms with Crippen molar-refractivity contribution in [1.82, 2.24) is 5.32 Å². The third-order valence-electron chi connectivity index (χ3n) is 4.26. The maximum atomic E-state index is 12.4. The number of rotatable bonds is 4. The van der Waals surface area contributed by atoms with Crippen molar-refractivity contribution in [1.29, 1.82) is 0 Å². The van der Waals surface area contributed by atoms with Crippen LogP contribution in [0.1, 0.15) is 55.5 Å². The molecule has 23 heavy (non-hydrogen) atoms. The van der Waals surface area contributed by atoms with Crippen LogP contribution in [0, 0.1) is 12.8 Å². The minimum absolute atomic E-state index is 0.000721. The number of aryl methyl sites for hydroxylation is 1. The quantitative estimate of drug-likeness (QED) is 0.798. The first-order chi connectivity index (χ1) is 10.9. The smallest absolute Gasteiger partial charge is 0.251 e. The van der Waals surface area contributed by atoms with Gasteiger partial charge in [0.25, 0.3) is 5.91 Å². The highest BCUT2D eigenvalue weighted by atomic mass is 16.2. The van der Waals surface area contributed by atoms with Crippen LogP contribution in [0.15, 0.2) is 18.2 Å². The van der Waals surface area contributed by atoms with E-state index >= 15 is 0 Å². The molecule has 0 bridgehead atoms. The molecule has 2 amide bonds. The molecule has 0 spiro atoms. The molecule has 2 unspecified atom stereocenters. The summed E-state index contributed by atoms with van der Waals surface area (Å²) in [4.78, 5) is 24.6. The predicted molar refractivity (Wildman–Crippen MR) is 92.3 cm³/mol. The Balaban J connectivity index is 2.08. The topological polar surface area (TPSA) is 84.2 Å². The van der Waals surface area contributed by atoms with E-state index in [0.29, 0.717) is 11.3 Å². The normalized spacial score (nSPS) is 21.1. The lowest BCUT2D eigenvalue weighted by atomic mass is 9.85. The Bertz CT molecular complexity index is 584. The Labute approximate surface area is 138 Å². The van der Waals surface area contributed by atoms with E-state index in [1.807, 2.05) is 32.9 Å². The summed E-state index contributed by atoms with van der Waals surface area (Å²) >= 11 is 0. The average Bonchev–Trinajstić information content (AvgIpc) is 2.48. The monoisotopic (exact) mass is 317 g/mol. The van der Waals surface area contributed by atoms with Gasteiger partial charge in [-0.3, -0.25) is 9.59 Å². The number of carbonyl (C=O) groups is 2. The van der Waals surface area contributed by atoms with E-state index in [9.17, 15) is 9.59 Å². The molecule has 0 aromatic heterocycles. The molecule has 0 heterocycles. The van der Waals surface area contributed by atoms with Crippen molar-refractivity contribution in [2.24, 2.45) is 11.7 Å². The Morgan fingerprint density at radius 3 is 2.65 bits per heavy atom. The molecule has 1 saturated carbocycles. The summed E-state index contributed by atoms with van der Waals surface area (Å²) in [5.41, 5.74) is 8.10. The van der Waals surface area contributed by atoms with Gasteiger partial charge >= 0.3 is 0 Å². The Morgan fingerprint density at radius 1 is 1.26 bits per heavy atom. The fraction of sp³-hybridized carbons (Fsp3) is 0.556. The Morgan fingerprint density at radius 2 is 2.00 bits per heavy atom. The SMILES string of the molecule is Cc1ccc(NC(=O)C2CCCC(N)C2)cc1C(=O)NC(C)C. The average molecular weight is 317 g/mol. The minimum atomic E-state index is -0.117. The molecule has 1 aliphatic rings. The Kier molecular flexibility index (Phi) is 5.77. The van der Waals surface area contributed by atoms with E-state index < -0.39 is 0 Å². The van der Waals surface area contributed by atoms with E-state index in [-0.39, 0.29) is 29.8 Å². The molecule has 1 aromatic rings. The van der Waals surface area contributed by atoms with Crippen molar-refractivity contribution in [2.45, 2.75) is 58.5 Å². The third kappa shape index (κ3) is 4.79. The van der Waals surface area contributed by atoms with Crippen LogP contribution < -0.4 is 16.4 Å². The second kappa shape index (κ2) is 7.59. The van der Waals surface area contributed by atoms with Gasteiger partial charge in [0.1, 0.15) is 0 Å². The summed E-state index contributed by atoms with van der Waals surface area (Å²) in [7, 11) is 0. The molecular weight excluding hydrogens is 290 g/mol. The Hall–Kier alpha value is -1.88. The molecule has 2 atom stereocenters. The minimum Gasteiger partial charge on any atom is -0.350 e. The summed E-state index contributed by atoms with van der Waals surface area (Å²) in [6.45, 7) is 5.73. The van der Waals surface area contributed by atoms with E-state index in [2.05, 4.69) is 10.6 Å². The molecule has 0 radical (unpaired) electrons. The zero-order chi connectivity index (χ0) is 17.0. The number of hydrogen-bond donors (Lipinski definition) is 3. The summed E-state index contributed by atoms with van der Waals surface area (Å²) < 4.78 is 0. The van der Waals surface area contributed by atoms with E-state index in [0.717, 1.165) is 31.2 Å². The van der Waals surface area contributed by atoms with Gasteiger partial charge in [-0.2, -0.15) is 0 Å². The molecule has 0 aliphatic heterocycles. The van der Waals surface area contributed by atoms with Gasteiger partial charge in [-0.15, -0.1) is 0 Å². The molecule has 4 N–H and O–H groups in total. The summed E-state index contributed by atoms with van der Waals surface area (Å²) in [5.74, 6) is -0.152. The van der Waals surface area contributed by atoms with Crippen molar-refractivity contribution in [3.05, 3.63) is 29.3 Å². The van der Waals surface area contributed by atoms with Gasteiger partial charge < -0.3 is 16.4 Å². The summed E-state index contributed by atoms with van der Waals surface area (Å²) in [6.07, 6.45) is 3.60. The zero-order valence-electron chi connectivity index (χ0n) is 14.2. The maximum Gasteiger partial charge on any atom is 0.251 e. The van der Waals surface area contributed by atoms with E-state index in [1.54, 1.807) is 6.07 Å². The van der Waals surface area contributed by atoms with Gasteiger partial charge in [0.05, 0.1) is 0 Å². The van der Waals surface area contributed by atoms with Crippen LogP contribution in [-0.2, 0) is 4.79 Å². The van der Waals surface area contributed by atoms with Crippen LogP contribution in [0.5, 0.6) is 0 Å². The lowest BCUT2D eigenvalue weighted by Crippen LogP contribution is -2.34. The number of hydrogen-bond acceptors (Lipinski definition) is 3. The number of carbonyl (C=O) groups excluding carboxylic acids is 2. The van der Waals surface area contributed by atoms with Crippen molar-refractivity contribution >= 4 is 17.5 Å². The van der Waals surface area contributed by atoms with Gasteiger partial charge in [-0.1, -0.05) is 12.5 Å². The zero-order valence-corrected chi connectivity index (χ0v) is 14.2. The standard InChI is InChI=1S/C18H27N3O2/c1-11(2)20-18(23)16-10-15(8-7-12(16)3)21-17(22)13-5-4-6-14(19)9-13/h7-8,10-11,13-14H,4-6,9,19H2,1-3H3,(H,20,23)(H,21,22). The van der Waals surface area contributed by atoms with Gasteiger partial charge in [0.15, 0.2) is 0 Å². The lowest BCUT2D eigenvalue weighted by molar-refractivity contribution is -0.120. The lowest BCUT2D eigenvalue weighted by Gasteiger charge is -2.25. The number of anilines is 1. The first-order valence-electron chi connectivity index (χ1n) is 8.34. The van der Waals surface area contributed by atoms with Gasteiger partial charge in [-0.05, 0) is 57.7 Å². The van der Waals surface area contributed by atoms with Crippen LogP contribution in [0.2, 0.25) is 0 Å². The van der Waals surface area contributed by atoms with Crippen molar-refractivity contribution in [2.75, 3.05) is 5.32 Å². The summed E-state index contributed by atoms with van der Waals surface area (Å²) in [6, 6.07) is 5.63. The van der Waals surface area contributed by atoms with Gasteiger partial charge in [0.2, 0.25) is 5.91 Å². The highest BCUT2D eigenvalue weighted by molar-refractivity contribution is 5.98. The number of nitrogens with one attached hydrogen (secondary N) is 2.